The van der Waals surface area contributed by atoms with Crippen molar-refractivity contribution in [3.05, 3.63) is 87.2 Å². The molecule has 1 N–H and O–H groups in total. The second-order valence-corrected chi connectivity index (χ2v) is 7.01. The molecule has 4 aromatic rings. The Bertz CT molecular complexity index is 1290. The average molecular weight is 385 g/mol. The van der Waals surface area contributed by atoms with Crippen molar-refractivity contribution in [2.75, 3.05) is 5.32 Å². The van der Waals surface area contributed by atoms with Crippen LogP contribution in [-0.4, -0.2) is 4.98 Å². The summed E-state index contributed by atoms with van der Waals surface area (Å²) < 4.78 is 5.38. The van der Waals surface area contributed by atoms with Crippen molar-refractivity contribution in [2.45, 2.75) is 6.92 Å². The van der Waals surface area contributed by atoms with E-state index < -0.39 is 5.63 Å². The van der Waals surface area contributed by atoms with Crippen molar-refractivity contribution >= 4 is 33.6 Å². The molecule has 0 spiro atoms. The van der Waals surface area contributed by atoms with Crippen LogP contribution in [0, 0.1) is 18.3 Å². The highest BCUT2D eigenvalue weighted by molar-refractivity contribution is 7.11. The second kappa shape index (κ2) is 7.51. The molecule has 136 valence electrons. The number of anilines is 1. The molecule has 0 atom stereocenters. The van der Waals surface area contributed by atoms with Crippen molar-refractivity contribution in [3.8, 4) is 17.3 Å². The standard InChI is InChI=1S/C22H15N3O2S/c1-14-6-2-4-8-18(14)24-12-16(11-23)21-25-19(13-28-21)17-10-15-7-3-5-9-20(15)27-22(17)26/h2-10,12-13,24H,1H3/b16-12-. The second-order valence-electron chi connectivity index (χ2n) is 6.15. The van der Waals surface area contributed by atoms with Crippen LogP contribution in [-0.2, 0) is 0 Å². The Morgan fingerprint density at radius 2 is 2.00 bits per heavy atom. The predicted octanol–water partition coefficient (Wildman–Crippen LogP) is 5.20. The lowest BCUT2D eigenvalue weighted by atomic mass is 10.1. The summed E-state index contributed by atoms with van der Waals surface area (Å²) in [4.78, 5) is 16.8. The molecule has 0 fully saturated rings. The van der Waals surface area contributed by atoms with E-state index >= 15 is 0 Å². The highest BCUT2D eigenvalue weighted by Crippen LogP contribution is 2.26. The predicted molar refractivity (Wildman–Crippen MR) is 112 cm³/mol. The lowest BCUT2D eigenvalue weighted by Gasteiger charge is -2.04. The molecule has 2 aromatic carbocycles. The average Bonchev–Trinajstić information content (AvgIpc) is 3.19. The molecule has 0 amide bonds. The summed E-state index contributed by atoms with van der Waals surface area (Å²) >= 11 is 1.31. The minimum Gasteiger partial charge on any atom is -0.422 e. The summed E-state index contributed by atoms with van der Waals surface area (Å²) in [5.74, 6) is 0. The molecule has 28 heavy (non-hydrogen) atoms. The highest BCUT2D eigenvalue weighted by Gasteiger charge is 2.13. The van der Waals surface area contributed by atoms with E-state index in [1.165, 1.54) is 11.3 Å². The van der Waals surface area contributed by atoms with Gasteiger partial charge in [-0.05, 0) is 30.7 Å². The number of benzene rings is 2. The van der Waals surface area contributed by atoms with Crippen LogP contribution in [0.4, 0.5) is 5.69 Å². The fourth-order valence-electron chi connectivity index (χ4n) is 2.79. The van der Waals surface area contributed by atoms with E-state index in [0.717, 1.165) is 16.6 Å². The number of allylic oxidation sites excluding steroid dienone is 1. The first-order valence-electron chi connectivity index (χ1n) is 8.57. The summed E-state index contributed by atoms with van der Waals surface area (Å²) in [6, 6.07) is 19.1. The van der Waals surface area contributed by atoms with Gasteiger partial charge in [-0.2, -0.15) is 5.26 Å². The van der Waals surface area contributed by atoms with Crippen LogP contribution in [0.1, 0.15) is 10.6 Å². The van der Waals surface area contributed by atoms with Crippen molar-refractivity contribution < 1.29 is 4.42 Å². The Hall–Kier alpha value is -3.69. The zero-order valence-electron chi connectivity index (χ0n) is 15.0. The van der Waals surface area contributed by atoms with Gasteiger partial charge in [0.15, 0.2) is 0 Å². The third-order valence-electron chi connectivity index (χ3n) is 4.29. The number of nitriles is 1. The number of para-hydroxylation sites is 2. The minimum atomic E-state index is -0.448. The zero-order valence-corrected chi connectivity index (χ0v) is 15.8. The topological polar surface area (TPSA) is 78.9 Å². The third kappa shape index (κ3) is 3.43. The Labute approximate surface area is 165 Å². The summed E-state index contributed by atoms with van der Waals surface area (Å²) in [7, 11) is 0. The van der Waals surface area contributed by atoms with Crippen LogP contribution in [0.15, 0.2) is 75.4 Å². The molecule has 0 radical (unpaired) electrons. The van der Waals surface area contributed by atoms with Gasteiger partial charge in [0.05, 0.1) is 11.3 Å². The van der Waals surface area contributed by atoms with E-state index in [9.17, 15) is 10.1 Å². The van der Waals surface area contributed by atoms with Gasteiger partial charge in [-0.15, -0.1) is 11.3 Å². The molecule has 0 bridgehead atoms. The van der Waals surface area contributed by atoms with E-state index in [2.05, 4.69) is 16.4 Å². The number of hydrogen-bond acceptors (Lipinski definition) is 6. The number of aryl methyl sites for hydroxylation is 1. The van der Waals surface area contributed by atoms with Crippen LogP contribution >= 0.6 is 11.3 Å². The van der Waals surface area contributed by atoms with Crippen molar-refractivity contribution in [1.82, 2.24) is 4.98 Å². The quantitative estimate of drug-likeness (QED) is 0.386. The van der Waals surface area contributed by atoms with Gasteiger partial charge in [-0.1, -0.05) is 36.4 Å². The Morgan fingerprint density at radius 3 is 2.82 bits per heavy atom. The normalized spacial score (nSPS) is 11.4. The largest absolute Gasteiger partial charge is 0.422 e. The third-order valence-corrected chi connectivity index (χ3v) is 5.17. The van der Waals surface area contributed by atoms with Gasteiger partial charge in [0.1, 0.15) is 22.2 Å². The lowest BCUT2D eigenvalue weighted by molar-refractivity contribution is 0.563. The van der Waals surface area contributed by atoms with E-state index in [1.807, 2.05) is 49.4 Å². The van der Waals surface area contributed by atoms with E-state index in [0.29, 0.717) is 27.4 Å². The first-order valence-corrected chi connectivity index (χ1v) is 9.45. The number of thiazole rings is 1. The minimum absolute atomic E-state index is 0.380. The highest BCUT2D eigenvalue weighted by atomic mass is 32.1. The number of rotatable bonds is 4. The number of aromatic nitrogens is 1. The zero-order chi connectivity index (χ0) is 19.5. The number of nitrogens with zero attached hydrogens (tertiary/aromatic N) is 2. The SMILES string of the molecule is Cc1ccccc1N/C=C(/C#N)c1nc(-c2cc3ccccc3oc2=O)cs1. The number of fused-ring (bicyclic) bond motifs is 1. The molecule has 0 aliphatic rings. The fourth-order valence-corrected chi connectivity index (χ4v) is 3.57. The van der Waals surface area contributed by atoms with Gasteiger partial charge in [0.25, 0.3) is 0 Å². The van der Waals surface area contributed by atoms with E-state index in [-0.39, 0.29) is 0 Å². The van der Waals surface area contributed by atoms with Gasteiger partial charge in [-0.25, -0.2) is 9.78 Å². The maximum absolute atomic E-state index is 12.3. The Balaban J connectivity index is 1.68. The van der Waals surface area contributed by atoms with Crippen LogP contribution in [0.2, 0.25) is 0 Å². The molecule has 5 nitrogen and oxygen atoms in total. The maximum atomic E-state index is 12.3. The first-order chi connectivity index (χ1) is 13.7. The molecule has 2 heterocycles. The molecule has 2 aromatic heterocycles. The molecule has 4 rings (SSSR count). The summed E-state index contributed by atoms with van der Waals surface area (Å²) in [5, 5.41) is 15.8. The number of nitrogens with one attached hydrogen (secondary N) is 1. The summed E-state index contributed by atoms with van der Waals surface area (Å²) in [6.07, 6.45) is 1.63. The van der Waals surface area contributed by atoms with Crippen LogP contribution in [0.25, 0.3) is 27.8 Å². The molecular formula is C22H15N3O2S. The van der Waals surface area contributed by atoms with Gasteiger partial charge in [-0.3, -0.25) is 0 Å². The summed E-state index contributed by atoms with van der Waals surface area (Å²) in [6.45, 7) is 1.99. The molecule has 0 saturated carbocycles. The van der Waals surface area contributed by atoms with Crippen LogP contribution in [0.5, 0.6) is 0 Å². The molecule has 0 unspecified atom stereocenters. The van der Waals surface area contributed by atoms with E-state index in [4.69, 9.17) is 4.42 Å². The lowest BCUT2D eigenvalue weighted by Crippen LogP contribution is -2.02. The van der Waals surface area contributed by atoms with Gasteiger partial charge in [0, 0.05) is 22.7 Å². The Kier molecular flexibility index (Phi) is 4.75. The maximum Gasteiger partial charge on any atom is 0.345 e. The molecular weight excluding hydrogens is 370 g/mol. The van der Waals surface area contributed by atoms with Gasteiger partial charge >= 0.3 is 5.63 Å². The smallest absolute Gasteiger partial charge is 0.345 e. The monoisotopic (exact) mass is 385 g/mol. The van der Waals surface area contributed by atoms with Gasteiger partial charge in [0.2, 0.25) is 0 Å². The molecule has 0 aliphatic heterocycles. The number of hydrogen-bond donors (Lipinski definition) is 1. The molecule has 0 saturated heterocycles. The van der Waals surface area contributed by atoms with E-state index in [1.54, 1.807) is 23.7 Å². The van der Waals surface area contributed by atoms with Crippen molar-refractivity contribution in [3.63, 3.8) is 0 Å². The molecule has 0 aliphatic carbocycles. The van der Waals surface area contributed by atoms with Crippen molar-refractivity contribution in [1.29, 1.82) is 5.26 Å². The van der Waals surface area contributed by atoms with Gasteiger partial charge < -0.3 is 9.73 Å². The summed E-state index contributed by atoms with van der Waals surface area (Å²) in [5.41, 5.74) is 3.35. The Morgan fingerprint density at radius 1 is 1.21 bits per heavy atom. The van der Waals surface area contributed by atoms with Crippen molar-refractivity contribution in [2.24, 2.45) is 0 Å². The van der Waals surface area contributed by atoms with Crippen LogP contribution < -0.4 is 10.9 Å². The van der Waals surface area contributed by atoms with Crippen LogP contribution in [0.3, 0.4) is 0 Å². The fraction of sp³-hybridized carbons (Fsp3) is 0.0455. The molecule has 6 heteroatoms. The first kappa shape index (κ1) is 17.7.